The van der Waals surface area contributed by atoms with Crippen LogP contribution < -0.4 is 0 Å². The van der Waals surface area contributed by atoms with Crippen molar-refractivity contribution in [2.45, 2.75) is 12.8 Å². The van der Waals surface area contributed by atoms with Gasteiger partial charge in [0.05, 0.1) is 5.75 Å². The van der Waals surface area contributed by atoms with Gasteiger partial charge < -0.3 is 4.18 Å². The lowest BCUT2D eigenvalue weighted by atomic mass is 10.4. The molecule has 1 rings (SSSR count). The Balaban J connectivity index is 2.58. The van der Waals surface area contributed by atoms with E-state index in [2.05, 4.69) is 4.18 Å². The second kappa shape index (κ2) is 2.03. The minimum absolute atomic E-state index is 0.170. The highest BCUT2D eigenvalue weighted by Gasteiger charge is 2.07. The summed E-state index contributed by atoms with van der Waals surface area (Å²) in [6.45, 7) is 1.33. The number of hydrogen-bond acceptors (Lipinski definition) is 3. The lowest BCUT2D eigenvalue weighted by Crippen LogP contribution is -2.13. The first-order valence-corrected chi connectivity index (χ1v) is 4.01. The van der Waals surface area contributed by atoms with Crippen LogP contribution in [0.4, 0.5) is 0 Å². The monoisotopic (exact) mass is 135 g/mol. The van der Waals surface area contributed by atoms with Gasteiger partial charge in [0.2, 0.25) is 10.1 Å². The molecule has 1 aliphatic heterocycles. The van der Waals surface area contributed by atoms with Crippen molar-refractivity contribution in [3.63, 3.8) is 0 Å². The van der Waals surface area contributed by atoms with E-state index in [4.69, 9.17) is 0 Å². The van der Waals surface area contributed by atoms with Gasteiger partial charge in [0.25, 0.3) is 0 Å². The van der Waals surface area contributed by atoms with Crippen molar-refractivity contribution in [2.75, 3.05) is 5.75 Å². The summed E-state index contributed by atoms with van der Waals surface area (Å²) in [5.74, 6) is 0.170. The minimum atomic E-state index is -3.14. The lowest BCUT2D eigenvalue weighted by molar-refractivity contribution is 0.360. The van der Waals surface area contributed by atoms with E-state index in [0.29, 0.717) is 6.42 Å². The van der Waals surface area contributed by atoms with Gasteiger partial charge in [-0.1, -0.05) is 6.42 Å². The summed E-state index contributed by atoms with van der Waals surface area (Å²) in [5.41, 5.74) is 0. The summed E-state index contributed by atoms with van der Waals surface area (Å²) in [5, 5.41) is 0. The molecule has 0 radical (unpaired) electrons. The smallest absolute Gasteiger partial charge is 0.238 e. The van der Waals surface area contributed by atoms with Crippen LogP contribution in [0.15, 0.2) is 0 Å². The van der Waals surface area contributed by atoms with Gasteiger partial charge in [0.15, 0.2) is 0 Å². The highest BCUT2D eigenvalue weighted by molar-refractivity contribution is 7.86. The molecule has 1 saturated heterocycles. The molecule has 0 N–H and O–H groups in total. The van der Waals surface area contributed by atoms with Crippen LogP contribution in [0.1, 0.15) is 12.8 Å². The van der Waals surface area contributed by atoms with Crippen molar-refractivity contribution >= 4 is 10.1 Å². The fraction of sp³-hybridized carbons (Fsp3) is 0.750. The van der Waals surface area contributed by atoms with Crippen LogP contribution in [-0.4, -0.2) is 14.2 Å². The first-order chi connectivity index (χ1) is 3.71. The molecule has 0 amide bonds. The molecule has 0 aromatic carbocycles. The zero-order chi connectivity index (χ0) is 6.04. The highest BCUT2D eigenvalue weighted by atomic mass is 32.2. The van der Waals surface area contributed by atoms with E-state index in [0.717, 1.165) is 6.42 Å². The third-order valence-electron chi connectivity index (χ3n) is 0.931. The van der Waals surface area contributed by atoms with Gasteiger partial charge in [-0.15, -0.1) is 0 Å². The van der Waals surface area contributed by atoms with E-state index in [9.17, 15) is 8.42 Å². The van der Waals surface area contributed by atoms with Crippen LogP contribution in [0.2, 0.25) is 0 Å². The van der Waals surface area contributed by atoms with Gasteiger partial charge in [-0.05, 0) is 0 Å². The molecule has 0 unspecified atom stereocenters. The molecule has 0 bridgehead atoms. The molecule has 3 nitrogen and oxygen atoms in total. The van der Waals surface area contributed by atoms with Gasteiger partial charge in [-0.3, -0.25) is 0 Å². The fourth-order valence-electron chi connectivity index (χ4n) is 0.543. The molecule has 0 aromatic heterocycles. The zero-order valence-electron chi connectivity index (χ0n) is 4.33. The SMILES string of the molecule is O=S1(=O)CCC[CH-]O1. The maximum atomic E-state index is 10.4. The Morgan fingerprint density at radius 1 is 1.50 bits per heavy atom. The predicted molar refractivity (Wildman–Crippen MR) is 28.4 cm³/mol. The fourth-order valence-corrected chi connectivity index (χ4v) is 1.46. The van der Waals surface area contributed by atoms with Crippen molar-refractivity contribution in [3.05, 3.63) is 6.61 Å². The Morgan fingerprint density at radius 2 is 2.25 bits per heavy atom. The van der Waals surface area contributed by atoms with Crippen LogP contribution in [-0.2, 0) is 14.3 Å². The van der Waals surface area contributed by atoms with Crippen LogP contribution in [0.25, 0.3) is 0 Å². The van der Waals surface area contributed by atoms with Gasteiger partial charge in [0.1, 0.15) is 0 Å². The number of hydrogen-bond donors (Lipinski definition) is 0. The van der Waals surface area contributed by atoms with Gasteiger partial charge in [0, 0.05) is 0 Å². The molecule has 1 fully saturated rings. The molecule has 0 spiro atoms. The molecule has 1 heterocycles. The van der Waals surface area contributed by atoms with Crippen LogP contribution >= 0.6 is 0 Å². The Kier molecular flexibility index (Phi) is 1.53. The molecule has 0 aromatic rings. The Hall–Kier alpha value is -0.0900. The van der Waals surface area contributed by atoms with E-state index in [-0.39, 0.29) is 5.75 Å². The highest BCUT2D eigenvalue weighted by Crippen LogP contribution is 2.10. The average Bonchev–Trinajstić information content (AvgIpc) is 1.65. The Bertz CT molecular complexity index is 146. The second-order valence-electron chi connectivity index (χ2n) is 1.67. The molecule has 1 aliphatic rings. The van der Waals surface area contributed by atoms with Crippen molar-refractivity contribution in [1.29, 1.82) is 0 Å². The predicted octanol–water partition coefficient (Wildman–Crippen LogP) is 0.288. The zero-order valence-corrected chi connectivity index (χ0v) is 5.15. The standard InChI is InChI=1S/C4H7O3S/c5-8(6)4-2-1-3-7-8/h3H,1-2,4H2/q-1. The largest absolute Gasteiger partial charge is 0.447 e. The first kappa shape index (κ1) is 6.04. The van der Waals surface area contributed by atoms with Gasteiger partial charge in [-0.25, -0.2) is 8.42 Å². The van der Waals surface area contributed by atoms with E-state index < -0.39 is 10.1 Å². The third-order valence-corrected chi connectivity index (χ3v) is 2.15. The van der Waals surface area contributed by atoms with Crippen molar-refractivity contribution in [2.24, 2.45) is 0 Å². The molecule has 0 saturated carbocycles. The third kappa shape index (κ3) is 1.45. The van der Waals surface area contributed by atoms with Crippen LogP contribution in [0, 0.1) is 6.61 Å². The molecule has 48 valence electrons. The molecule has 4 heteroatoms. The Morgan fingerprint density at radius 3 is 2.50 bits per heavy atom. The molecule has 0 aliphatic carbocycles. The van der Waals surface area contributed by atoms with Crippen LogP contribution in [0.3, 0.4) is 0 Å². The summed E-state index contributed by atoms with van der Waals surface area (Å²) < 4.78 is 25.1. The van der Waals surface area contributed by atoms with Gasteiger partial charge in [-0.2, -0.15) is 13.0 Å². The quantitative estimate of drug-likeness (QED) is 0.354. The maximum Gasteiger partial charge on any atom is 0.238 e. The molecule has 0 atom stereocenters. The second-order valence-corrected chi connectivity index (χ2v) is 3.38. The van der Waals surface area contributed by atoms with E-state index in [1.807, 2.05) is 0 Å². The maximum absolute atomic E-state index is 10.4. The minimum Gasteiger partial charge on any atom is -0.447 e. The molecule has 8 heavy (non-hydrogen) atoms. The summed E-state index contributed by atoms with van der Waals surface area (Å²) in [6.07, 6.45) is 1.45. The van der Waals surface area contributed by atoms with Gasteiger partial charge >= 0.3 is 0 Å². The summed E-state index contributed by atoms with van der Waals surface area (Å²) in [7, 11) is -3.14. The van der Waals surface area contributed by atoms with E-state index in [1.165, 1.54) is 6.61 Å². The number of rotatable bonds is 0. The lowest BCUT2D eigenvalue weighted by Gasteiger charge is -2.20. The first-order valence-electron chi connectivity index (χ1n) is 2.43. The van der Waals surface area contributed by atoms with E-state index >= 15 is 0 Å². The van der Waals surface area contributed by atoms with Crippen LogP contribution in [0.5, 0.6) is 0 Å². The molecular weight excluding hydrogens is 128 g/mol. The Labute approximate surface area is 48.8 Å². The molecular formula is C4H7O3S-. The van der Waals surface area contributed by atoms with Crippen molar-refractivity contribution < 1.29 is 12.6 Å². The van der Waals surface area contributed by atoms with Crippen molar-refractivity contribution in [1.82, 2.24) is 0 Å². The van der Waals surface area contributed by atoms with Crippen molar-refractivity contribution in [3.8, 4) is 0 Å². The summed E-state index contributed by atoms with van der Waals surface area (Å²) in [6, 6.07) is 0. The van der Waals surface area contributed by atoms with E-state index in [1.54, 1.807) is 0 Å². The topological polar surface area (TPSA) is 43.4 Å². The average molecular weight is 135 g/mol. The normalized spacial score (nSPS) is 27.5. The summed E-state index contributed by atoms with van der Waals surface area (Å²) in [4.78, 5) is 0. The summed E-state index contributed by atoms with van der Waals surface area (Å²) >= 11 is 0.